The summed E-state index contributed by atoms with van der Waals surface area (Å²) in [5.41, 5.74) is -1.28. The molecule has 0 aliphatic carbocycles. The van der Waals surface area contributed by atoms with E-state index in [-0.39, 0.29) is 16.8 Å². The van der Waals surface area contributed by atoms with Crippen molar-refractivity contribution in [2.75, 3.05) is 0 Å². The van der Waals surface area contributed by atoms with Gasteiger partial charge in [0.05, 0.1) is 11.8 Å². The quantitative estimate of drug-likeness (QED) is 0.479. The molecule has 0 rings (SSSR count). The van der Waals surface area contributed by atoms with Crippen molar-refractivity contribution in [3.8, 4) is 0 Å². The zero-order valence-corrected chi connectivity index (χ0v) is 17.9. The van der Waals surface area contributed by atoms with Gasteiger partial charge in [0, 0.05) is 16.8 Å². The van der Waals surface area contributed by atoms with Gasteiger partial charge in [0.2, 0.25) is 0 Å². The van der Waals surface area contributed by atoms with Crippen LogP contribution in [0.2, 0.25) is 0 Å². The second-order valence-corrected chi connectivity index (χ2v) is 8.16. The Hall–Kier alpha value is -1.87. The third-order valence-electron chi connectivity index (χ3n) is 3.49. The Balaban J connectivity index is -0.000000411. The van der Waals surface area contributed by atoms with Gasteiger partial charge < -0.3 is 10.2 Å². The van der Waals surface area contributed by atoms with Crippen LogP contribution >= 0.6 is 0 Å². The average molecular weight is 431 g/mol. The molecule has 0 heterocycles. The maximum Gasteiger partial charge on any atom is 0.372 e. The molecule has 2 N–H and O–H groups in total. The second-order valence-electron chi connectivity index (χ2n) is 8.16. The maximum absolute atomic E-state index is 11.1. The van der Waals surface area contributed by atoms with Crippen molar-refractivity contribution in [1.29, 1.82) is 0 Å². The summed E-state index contributed by atoms with van der Waals surface area (Å²) in [6.45, 7) is 12.5. The molecule has 0 saturated carbocycles. The van der Waals surface area contributed by atoms with Crippen LogP contribution in [0.15, 0.2) is 0 Å². The van der Waals surface area contributed by atoms with E-state index >= 15 is 0 Å². The summed E-state index contributed by atoms with van der Waals surface area (Å²) in [5, 5.41) is 16.9. The Labute approximate surface area is 169 Å². The predicted molar refractivity (Wildman–Crippen MR) is 92.5 cm³/mol. The molecule has 0 spiro atoms. The predicted octanol–water partition coefficient (Wildman–Crippen LogP) is 1.78. The van der Waals surface area contributed by atoms with Gasteiger partial charge in [-0.15, -0.1) is 0 Å². The summed E-state index contributed by atoms with van der Waals surface area (Å²) in [7, 11) is 0. The molecule has 2 atom stereocenters. The largest absolute Gasteiger partial charge is 0.475 e. The monoisotopic (exact) mass is 431 g/mol. The zero-order chi connectivity index (χ0) is 21.6. The van der Waals surface area contributed by atoms with E-state index in [1.807, 2.05) is 0 Å². The van der Waals surface area contributed by atoms with Crippen molar-refractivity contribution in [3.05, 3.63) is 0 Å². The van der Waals surface area contributed by atoms with E-state index in [4.69, 9.17) is 10.2 Å². The van der Waals surface area contributed by atoms with Crippen LogP contribution in [-0.4, -0.2) is 45.3 Å². The van der Waals surface area contributed by atoms with Crippen molar-refractivity contribution in [2.45, 2.75) is 55.4 Å². The van der Waals surface area contributed by atoms with Gasteiger partial charge in [0.1, 0.15) is 11.6 Å². The molecule has 27 heavy (non-hydrogen) atoms. The van der Waals surface area contributed by atoms with E-state index in [9.17, 15) is 28.8 Å². The molecule has 0 aromatic heterocycles. The fourth-order valence-corrected chi connectivity index (χ4v) is 2.62. The first-order valence-corrected chi connectivity index (χ1v) is 7.90. The second kappa shape index (κ2) is 11.1. The standard InChI is InChI=1S/2C9H14O4.Co/c2*1-5(10)6(9(2,3)4)7(11)8(12)13;/h2*6H,1-4H3,(H,12,13);. The molecule has 0 aliphatic rings. The number of Topliss-reactive ketones (excluding diaryl/α,β-unsaturated/α-hetero) is 4. The van der Waals surface area contributed by atoms with Crippen LogP contribution in [0, 0.1) is 22.7 Å². The fraction of sp³-hybridized carbons (Fsp3) is 0.667. The van der Waals surface area contributed by atoms with Crippen LogP contribution in [0.3, 0.4) is 0 Å². The first-order valence-electron chi connectivity index (χ1n) is 7.90. The summed E-state index contributed by atoms with van der Waals surface area (Å²) < 4.78 is 0. The summed E-state index contributed by atoms with van der Waals surface area (Å²) in [6, 6.07) is 0. The third-order valence-corrected chi connectivity index (χ3v) is 3.49. The number of ketones is 4. The van der Waals surface area contributed by atoms with Crippen molar-refractivity contribution < 1.29 is 55.8 Å². The van der Waals surface area contributed by atoms with E-state index in [0.717, 1.165) is 0 Å². The van der Waals surface area contributed by atoms with Gasteiger partial charge in [-0.3, -0.25) is 19.2 Å². The van der Waals surface area contributed by atoms with Crippen molar-refractivity contribution >= 4 is 35.1 Å². The molecular formula is C18H28CoO8. The molecule has 9 heteroatoms. The van der Waals surface area contributed by atoms with Crippen LogP contribution in [0.1, 0.15) is 55.4 Å². The Morgan fingerprint density at radius 3 is 0.815 bits per heavy atom. The molecule has 0 aromatic carbocycles. The van der Waals surface area contributed by atoms with Crippen LogP contribution < -0.4 is 0 Å². The molecule has 1 radical (unpaired) electrons. The molecule has 0 amide bonds. The van der Waals surface area contributed by atoms with Crippen molar-refractivity contribution in [2.24, 2.45) is 22.7 Å². The fourth-order valence-electron chi connectivity index (χ4n) is 2.62. The maximum atomic E-state index is 11.1. The topological polar surface area (TPSA) is 143 Å². The minimum atomic E-state index is -1.55. The molecule has 2 unspecified atom stereocenters. The van der Waals surface area contributed by atoms with Crippen molar-refractivity contribution in [1.82, 2.24) is 0 Å². The number of hydrogen-bond acceptors (Lipinski definition) is 6. The van der Waals surface area contributed by atoms with E-state index in [0.29, 0.717) is 0 Å². The Morgan fingerprint density at radius 1 is 0.593 bits per heavy atom. The van der Waals surface area contributed by atoms with Crippen molar-refractivity contribution in [3.63, 3.8) is 0 Å². The number of aliphatic carboxylic acids is 2. The van der Waals surface area contributed by atoms with Gasteiger partial charge in [-0.05, 0) is 24.7 Å². The van der Waals surface area contributed by atoms with Gasteiger partial charge in [-0.2, -0.15) is 0 Å². The first kappa shape index (κ1) is 29.9. The summed E-state index contributed by atoms with van der Waals surface area (Å²) >= 11 is 0. The summed E-state index contributed by atoms with van der Waals surface area (Å²) in [4.78, 5) is 65.1. The van der Waals surface area contributed by atoms with E-state index in [1.165, 1.54) is 13.8 Å². The molecule has 157 valence electrons. The summed E-state index contributed by atoms with van der Waals surface area (Å²) in [6.07, 6.45) is 0. The normalized spacial score (nSPS) is 13.0. The van der Waals surface area contributed by atoms with Crippen LogP contribution in [0.5, 0.6) is 0 Å². The SMILES string of the molecule is CC(=O)C(C(=O)C(=O)O)C(C)(C)C.CC(=O)C(C(=O)C(=O)O)C(C)(C)C.[Co]. The zero-order valence-electron chi connectivity index (χ0n) is 16.8. The smallest absolute Gasteiger partial charge is 0.372 e. The first-order chi connectivity index (χ1) is 11.4. The molecule has 0 aliphatic heterocycles. The number of carboxylic acids is 2. The third kappa shape index (κ3) is 10.1. The van der Waals surface area contributed by atoms with E-state index in [1.54, 1.807) is 41.5 Å². The van der Waals surface area contributed by atoms with Gasteiger partial charge in [0.25, 0.3) is 11.6 Å². The van der Waals surface area contributed by atoms with Crippen LogP contribution in [0.25, 0.3) is 0 Å². The molecule has 0 fully saturated rings. The van der Waals surface area contributed by atoms with E-state index < -0.39 is 57.7 Å². The molecule has 0 saturated heterocycles. The van der Waals surface area contributed by atoms with Gasteiger partial charge in [-0.1, -0.05) is 41.5 Å². The molecule has 0 aromatic rings. The Bertz CT molecular complexity index is 554. The number of carboxylic acid groups (broad SMARTS) is 2. The van der Waals surface area contributed by atoms with Gasteiger partial charge in [-0.25, -0.2) is 9.59 Å². The van der Waals surface area contributed by atoms with Gasteiger partial charge >= 0.3 is 11.9 Å². The molecule has 0 bridgehead atoms. The number of carbonyl (C=O) groups is 6. The number of hydrogen-bond donors (Lipinski definition) is 2. The number of carbonyl (C=O) groups excluding carboxylic acids is 4. The molecular weight excluding hydrogens is 403 g/mol. The summed E-state index contributed by atoms with van der Waals surface area (Å²) in [5.74, 6) is -8.06. The van der Waals surface area contributed by atoms with Gasteiger partial charge in [0.15, 0.2) is 0 Å². The Kier molecular flexibility index (Phi) is 12.3. The molecule has 8 nitrogen and oxygen atoms in total. The minimum Gasteiger partial charge on any atom is -0.475 e. The van der Waals surface area contributed by atoms with E-state index in [2.05, 4.69) is 0 Å². The minimum absolute atomic E-state index is 0. The Morgan fingerprint density at radius 2 is 0.778 bits per heavy atom. The average Bonchev–Trinajstić information content (AvgIpc) is 2.34. The number of rotatable bonds is 6. The van der Waals surface area contributed by atoms with Crippen LogP contribution in [0.4, 0.5) is 0 Å². The van der Waals surface area contributed by atoms with Crippen LogP contribution in [-0.2, 0) is 45.5 Å².